The Bertz CT molecular complexity index is 1370. The number of carbonyl (C=O) groups is 1. The minimum absolute atomic E-state index is 0.0973. The maximum absolute atomic E-state index is 13.4. The highest BCUT2D eigenvalue weighted by atomic mass is 32.2. The molecule has 11 heteroatoms. The Hall–Kier alpha value is -3.73. The first-order valence-electron chi connectivity index (χ1n) is 11.6. The Morgan fingerprint density at radius 1 is 0.895 bits per heavy atom. The second-order valence-electron chi connectivity index (χ2n) is 8.89. The molecule has 3 rings (SSSR count). The quantitative estimate of drug-likeness (QED) is 0.297. The van der Waals surface area contributed by atoms with Gasteiger partial charge in [-0.25, -0.2) is 0 Å². The summed E-state index contributed by atoms with van der Waals surface area (Å²) < 4.78 is 80.2. The van der Waals surface area contributed by atoms with E-state index in [0.717, 1.165) is 18.2 Å². The number of hydrogen-bond acceptors (Lipinski definition) is 6. The zero-order chi connectivity index (χ0) is 28.1. The highest BCUT2D eigenvalue weighted by Crippen LogP contribution is 2.31. The molecule has 0 saturated carbocycles. The number of nitrogens with zero attached hydrogens (tertiary/aromatic N) is 1. The Kier molecular flexibility index (Phi) is 8.93. The third kappa shape index (κ3) is 7.41. The molecule has 0 bridgehead atoms. The van der Waals surface area contributed by atoms with Gasteiger partial charge in [0.2, 0.25) is 0 Å². The van der Waals surface area contributed by atoms with Crippen molar-refractivity contribution in [2.75, 3.05) is 20.8 Å². The Morgan fingerprint density at radius 3 is 2.11 bits per heavy atom. The van der Waals surface area contributed by atoms with Gasteiger partial charge in [0.25, 0.3) is 5.91 Å². The number of rotatable bonds is 10. The van der Waals surface area contributed by atoms with Crippen LogP contribution in [0.25, 0.3) is 0 Å². The molecule has 204 valence electrons. The first kappa shape index (κ1) is 28.8. The average Bonchev–Trinajstić information content (AvgIpc) is 2.86. The molecular weight excluding hydrogens is 523 g/mol. The van der Waals surface area contributed by atoms with Crippen LogP contribution in [0.2, 0.25) is 0 Å². The number of halogens is 3. The summed E-state index contributed by atoms with van der Waals surface area (Å²) in [7, 11) is -1.58. The molecule has 0 aliphatic rings. The van der Waals surface area contributed by atoms with Crippen molar-refractivity contribution in [2.24, 2.45) is 5.92 Å². The van der Waals surface area contributed by atoms with E-state index in [0.29, 0.717) is 35.2 Å². The summed E-state index contributed by atoms with van der Waals surface area (Å²) >= 11 is 0. The molecule has 0 unspecified atom stereocenters. The molecule has 0 N–H and O–H groups in total. The van der Waals surface area contributed by atoms with Crippen LogP contribution in [0.1, 0.15) is 35.3 Å². The fourth-order valence-corrected chi connectivity index (χ4v) is 4.66. The van der Waals surface area contributed by atoms with Crippen LogP contribution in [-0.4, -0.2) is 40.0 Å². The van der Waals surface area contributed by atoms with Crippen LogP contribution in [0.3, 0.4) is 0 Å². The van der Waals surface area contributed by atoms with E-state index in [-0.39, 0.29) is 24.1 Å². The molecule has 0 fully saturated rings. The van der Waals surface area contributed by atoms with Crippen molar-refractivity contribution < 1.29 is 40.0 Å². The van der Waals surface area contributed by atoms with Crippen LogP contribution in [0.15, 0.2) is 71.6 Å². The first-order valence-corrected chi connectivity index (χ1v) is 13.0. The summed E-state index contributed by atoms with van der Waals surface area (Å²) in [5.74, 6) is 0.630. The summed E-state index contributed by atoms with van der Waals surface area (Å²) in [6, 6.07) is 14.2. The van der Waals surface area contributed by atoms with E-state index in [1.165, 1.54) is 26.4 Å². The molecular formula is C27H28F3NO6S. The molecule has 0 saturated heterocycles. The Morgan fingerprint density at radius 2 is 1.53 bits per heavy atom. The lowest BCUT2D eigenvalue weighted by molar-refractivity contribution is -0.137. The lowest BCUT2D eigenvalue weighted by Crippen LogP contribution is -2.33. The van der Waals surface area contributed by atoms with Gasteiger partial charge >= 0.3 is 16.3 Å². The van der Waals surface area contributed by atoms with Gasteiger partial charge in [-0.3, -0.25) is 4.79 Å². The molecule has 3 aromatic carbocycles. The van der Waals surface area contributed by atoms with Crippen molar-refractivity contribution >= 4 is 16.0 Å². The molecule has 0 radical (unpaired) electrons. The highest BCUT2D eigenvalue weighted by molar-refractivity contribution is 7.87. The fraction of sp³-hybridized carbons (Fsp3) is 0.296. The van der Waals surface area contributed by atoms with Gasteiger partial charge in [-0.1, -0.05) is 32.0 Å². The Labute approximate surface area is 219 Å². The van der Waals surface area contributed by atoms with Crippen molar-refractivity contribution in [1.82, 2.24) is 4.90 Å². The molecule has 38 heavy (non-hydrogen) atoms. The van der Waals surface area contributed by atoms with Crippen LogP contribution in [0.4, 0.5) is 13.2 Å². The third-order valence-electron chi connectivity index (χ3n) is 5.40. The van der Waals surface area contributed by atoms with Gasteiger partial charge in [-0.15, -0.1) is 0 Å². The topological polar surface area (TPSA) is 82.1 Å². The summed E-state index contributed by atoms with van der Waals surface area (Å²) in [5.41, 5.74) is -0.195. The van der Waals surface area contributed by atoms with Crippen molar-refractivity contribution in [2.45, 2.75) is 31.5 Å². The van der Waals surface area contributed by atoms with E-state index in [2.05, 4.69) is 0 Å². The van der Waals surface area contributed by atoms with E-state index in [1.54, 1.807) is 35.2 Å². The summed E-state index contributed by atoms with van der Waals surface area (Å²) in [6.45, 7) is 4.42. The number of carbonyl (C=O) groups excluding carboxylic acids is 1. The predicted octanol–water partition coefficient (Wildman–Crippen LogP) is 5.79. The van der Waals surface area contributed by atoms with Gasteiger partial charge in [0.15, 0.2) is 0 Å². The number of benzene rings is 3. The van der Waals surface area contributed by atoms with Crippen molar-refractivity contribution in [1.29, 1.82) is 0 Å². The Balaban J connectivity index is 1.86. The van der Waals surface area contributed by atoms with Gasteiger partial charge < -0.3 is 18.6 Å². The smallest absolute Gasteiger partial charge is 0.416 e. The largest absolute Gasteiger partial charge is 0.497 e. The number of ether oxygens (including phenoxy) is 2. The number of alkyl halides is 3. The number of hydrogen-bond donors (Lipinski definition) is 0. The first-order chi connectivity index (χ1) is 17.8. The van der Waals surface area contributed by atoms with E-state index < -0.39 is 26.8 Å². The van der Waals surface area contributed by atoms with Gasteiger partial charge in [-0.2, -0.15) is 21.6 Å². The molecule has 0 heterocycles. The van der Waals surface area contributed by atoms with Gasteiger partial charge in [-0.05, 0) is 53.9 Å². The summed E-state index contributed by atoms with van der Waals surface area (Å²) in [6.07, 6.45) is -4.70. The number of amides is 1. The predicted molar refractivity (Wildman–Crippen MR) is 135 cm³/mol. The van der Waals surface area contributed by atoms with Gasteiger partial charge in [0.1, 0.15) is 22.1 Å². The minimum atomic E-state index is -4.70. The van der Waals surface area contributed by atoms with Crippen molar-refractivity contribution in [3.8, 4) is 17.2 Å². The van der Waals surface area contributed by atoms with E-state index in [1.807, 2.05) is 13.8 Å². The normalized spacial score (nSPS) is 11.8. The molecule has 3 aromatic rings. The maximum atomic E-state index is 13.4. The molecule has 0 aromatic heterocycles. The zero-order valence-corrected chi connectivity index (χ0v) is 22.1. The van der Waals surface area contributed by atoms with Crippen LogP contribution >= 0.6 is 0 Å². The third-order valence-corrected chi connectivity index (χ3v) is 6.64. The monoisotopic (exact) mass is 551 g/mol. The SMILES string of the molecule is COc1cc(OC)cc(C(=O)N(Cc2cccc(OS(=O)(=O)c3cccc(C(F)(F)F)c3)c2)CC(C)C)c1. The molecule has 1 amide bonds. The average molecular weight is 552 g/mol. The molecule has 0 spiro atoms. The number of methoxy groups -OCH3 is 2. The van der Waals surface area contributed by atoms with Crippen LogP contribution in [0.5, 0.6) is 17.2 Å². The minimum Gasteiger partial charge on any atom is -0.497 e. The van der Waals surface area contributed by atoms with E-state index >= 15 is 0 Å². The van der Waals surface area contributed by atoms with Crippen molar-refractivity contribution in [3.63, 3.8) is 0 Å². The lowest BCUT2D eigenvalue weighted by Gasteiger charge is -2.25. The second-order valence-corrected chi connectivity index (χ2v) is 10.4. The van der Waals surface area contributed by atoms with Crippen LogP contribution < -0.4 is 13.7 Å². The standard InChI is InChI=1S/C27H28F3NO6S/c1-18(2)16-31(26(32)20-12-23(35-3)15-24(13-20)36-4)17-19-7-5-9-22(11-19)37-38(33,34)25-10-6-8-21(14-25)27(28,29)30/h5-15,18H,16-17H2,1-4H3. The molecule has 0 aliphatic carbocycles. The van der Waals surface area contributed by atoms with Crippen LogP contribution in [0, 0.1) is 5.92 Å². The summed E-state index contributed by atoms with van der Waals surface area (Å²) in [5, 5.41) is 0. The molecule has 0 aliphatic heterocycles. The molecule has 0 atom stereocenters. The second kappa shape index (κ2) is 11.8. The van der Waals surface area contributed by atoms with E-state index in [4.69, 9.17) is 13.7 Å². The van der Waals surface area contributed by atoms with Gasteiger partial charge in [0.05, 0.1) is 19.8 Å². The zero-order valence-electron chi connectivity index (χ0n) is 21.3. The molecule has 7 nitrogen and oxygen atoms in total. The fourth-order valence-electron chi connectivity index (χ4n) is 3.69. The summed E-state index contributed by atoms with van der Waals surface area (Å²) in [4.78, 5) is 14.4. The van der Waals surface area contributed by atoms with Gasteiger partial charge in [0, 0.05) is 24.7 Å². The van der Waals surface area contributed by atoms with Crippen LogP contribution in [-0.2, 0) is 22.8 Å². The lowest BCUT2D eigenvalue weighted by atomic mass is 10.1. The van der Waals surface area contributed by atoms with E-state index in [9.17, 15) is 26.4 Å². The highest BCUT2D eigenvalue weighted by Gasteiger charge is 2.32. The van der Waals surface area contributed by atoms with Crippen molar-refractivity contribution in [3.05, 3.63) is 83.4 Å². The maximum Gasteiger partial charge on any atom is 0.416 e.